The highest BCUT2D eigenvalue weighted by atomic mass is 32.1. The number of hydrogen-bond acceptors (Lipinski definition) is 3. The Morgan fingerprint density at radius 2 is 2.10 bits per heavy atom. The molecule has 21 heavy (non-hydrogen) atoms. The average Bonchev–Trinajstić information content (AvgIpc) is 2.88. The highest BCUT2D eigenvalue weighted by molar-refractivity contribution is 7.71. The molecule has 0 saturated heterocycles. The van der Waals surface area contributed by atoms with E-state index < -0.39 is 0 Å². The molecule has 106 valence electrons. The summed E-state index contributed by atoms with van der Waals surface area (Å²) in [6.07, 6.45) is 0. The van der Waals surface area contributed by atoms with E-state index in [0.717, 1.165) is 21.5 Å². The van der Waals surface area contributed by atoms with Crippen molar-refractivity contribution in [3.63, 3.8) is 0 Å². The maximum Gasteiger partial charge on any atom is 0.263 e. The quantitative estimate of drug-likeness (QED) is 0.576. The number of benzene rings is 1. The third-order valence-corrected chi connectivity index (χ3v) is 4.45. The molecular formula is C16H14N2OS2. The van der Waals surface area contributed by atoms with Crippen LogP contribution in [0.15, 0.2) is 52.7 Å². The standard InChI is InChI=1S/C16H14N2OS2/c1-10(2)8-18-15(19)13-12(11-6-4-3-5-7-11)9-21-14(13)17-16(18)20/h3-7,9H,1,8H2,2H3,(H,17,20). The van der Waals surface area contributed by atoms with Gasteiger partial charge in [-0.3, -0.25) is 9.36 Å². The Labute approximate surface area is 131 Å². The second kappa shape index (κ2) is 5.42. The summed E-state index contributed by atoms with van der Waals surface area (Å²) in [7, 11) is 0. The maximum absolute atomic E-state index is 12.8. The van der Waals surface area contributed by atoms with Crippen molar-refractivity contribution in [3.05, 3.63) is 63.0 Å². The monoisotopic (exact) mass is 314 g/mol. The summed E-state index contributed by atoms with van der Waals surface area (Å²) in [5.41, 5.74) is 2.82. The average molecular weight is 314 g/mol. The molecule has 1 aromatic carbocycles. The first-order valence-corrected chi connectivity index (χ1v) is 7.81. The van der Waals surface area contributed by atoms with E-state index in [4.69, 9.17) is 12.2 Å². The molecule has 0 unspecified atom stereocenters. The molecule has 0 aliphatic heterocycles. The predicted octanol–water partition coefficient (Wildman–Crippen LogP) is 4.36. The van der Waals surface area contributed by atoms with Crippen molar-refractivity contribution < 1.29 is 0 Å². The van der Waals surface area contributed by atoms with Crippen LogP contribution in [-0.4, -0.2) is 9.55 Å². The van der Waals surface area contributed by atoms with Crippen LogP contribution in [0.2, 0.25) is 0 Å². The molecule has 5 heteroatoms. The van der Waals surface area contributed by atoms with Gasteiger partial charge >= 0.3 is 0 Å². The third kappa shape index (κ3) is 2.50. The molecule has 1 N–H and O–H groups in total. The van der Waals surface area contributed by atoms with E-state index in [1.165, 1.54) is 11.3 Å². The van der Waals surface area contributed by atoms with Gasteiger partial charge in [0.2, 0.25) is 0 Å². The van der Waals surface area contributed by atoms with E-state index in [-0.39, 0.29) is 5.56 Å². The maximum atomic E-state index is 12.8. The van der Waals surface area contributed by atoms with Crippen molar-refractivity contribution in [1.82, 2.24) is 9.55 Å². The fraction of sp³-hybridized carbons (Fsp3) is 0.125. The van der Waals surface area contributed by atoms with Crippen molar-refractivity contribution in [2.24, 2.45) is 0 Å². The number of rotatable bonds is 3. The Morgan fingerprint density at radius 3 is 2.76 bits per heavy atom. The SMILES string of the molecule is C=C(C)Cn1c(=S)[nH]c2scc(-c3ccccc3)c2c1=O. The van der Waals surface area contributed by atoms with Gasteiger partial charge in [-0.1, -0.05) is 42.5 Å². The van der Waals surface area contributed by atoms with E-state index in [0.29, 0.717) is 16.7 Å². The van der Waals surface area contributed by atoms with Crippen LogP contribution < -0.4 is 5.56 Å². The lowest BCUT2D eigenvalue weighted by molar-refractivity contribution is 0.726. The molecule has 2 aromatic heterocycles. The molecule has 0 aliphatic carbocycles. The molecule has 0 saturated carbocycles. The zero-order valence-corrected chi connectivity index (χ0v) is 13.2. The second-order valence-corrected chi connectivity index (χ2v) is 6.26. The minimum absolute atomic E-state index is 0.0585. The molecule has 0 bridgehead atoms. The van der Waals surface area contributed by atoms with E-state index in [1.807, 2.05) is 42.6 Å². The largest absolute Gasteiger partial charge is 0.323 e. The summed E-state index contributed by atoms with van der Waals surface area (Å²) in [5.74, 6) is 0. The zero-order valence-electron chi connectivity index (χ0n) is 11.6. The number of hydrogen-bond donors (Lipinski definition) is 1. The van der Waals surface area contributed by atoms with Crippen LogP contribution in [0.25, 0.3) is 21.3 Å². The first-order chi connectivity index (χ1) is 10.1. The van der Waals surface area contributed by atoms with Crippen LogP contribution in [0.1, 0.15) is 6.92 Å². The minimum Gasteiger partial charge on any atom is -0.323 e. The first-order valence-electron chi connectivity index (χ1n) is 6.52. The number of aromatic amines is 1. The Hall–Kier alpha value is -1.98. The van der Waals surface area contributed by atoms with Gasteiger partial charge in [-0.25, -0.2) is 0 Å². The lowest BCUT2D eigenvalue weighted by Crippen LogP contribution is -2.22. The fourth-order valence-electron chi connectivity index (χ4n) is 2.30. The normalized spacial score (nSPS) is 10.9. The molecule has 0 spiro atoms. The molecule has 0 amide bonds. The lowest BCUT2D eigenvalue weighted by atomic mass is 10.1. The summed E-state index contributed by atoms with van der Waals surface area (Å²) in [6.45, 7) is 6.19. The van der Waals surface area contributed by atoms with Crippen molar-refractivity contribution >= 4 is 33.8 Å². The van der Waals surface area contributed by atoms with E-state index in [9.17, 15) is 4.79 Å². The van der Waals surface area contributed by atoms with Gasteiger partial charge in [0.15, 0.2) is 4.77 Å². The molecule has 0 atom stereocenters. The number of nitrogens with one attached hydrogen (secondary N) is 1. The van der Waals surface area contributed by atoms with Crippen molar-refractivity contribution in [3.8, 4) is 11.1 Å². The van der Waals surface area contributed by atoms with Crippen LogP contribution in [0.3, 0.4) is 0 Å². The molecule has 2 heterocycles. The van der Waals surface area contributed by atoms with Crippen LogP contribution >= 0.6 is 23.6 Å². The van der Waals surface area contributed by atoms with Crippen LogP contribution in [0, 0.1) is 4.77 Å². The van der Waals surface area contributed by atoms with Crippen molar-refractivity contribution in [2.75, 3.05) is 0 Å². The van der Waals surface area contributed by atoms with Gasteiger partial charge in [0.05, 0.1) is 5.39 Å². The Balaban J connectivity index is 2.33. The number of H-pyrrole nitrogens is 1. The summed E-state index contributed by atoms with van der Waals surface area (Å²) < 4.78 is 2.01. The molecule has 3 nitrogen and oxygen atoms in total. The van der Waals surface area contributed by atoms with Crippen molar-refractivity contribution in [2.45, 2.75) is 13.5 Å². The topological polar surface area (TPSA) is 37.8 Å². The first kappa shape index (κ1) is 14.0. The number of fused-ring (bicyclic) bond motifs is 1. The molecule has 3 rings (SSSR count). The van der Waals surface area contributed by atoms with Crippen LogP contribution in [-0.2, 0) is 6.54 Å². The number of aromatic nitrogens is 2. The Bertz CT molecular complexity index is 932. The summed E-state index contributed by atoms with van der Waals surface area (Å²) in [4.78, 5) is 16.8. The van der Waals surface area contributed by atoms with Crippen LogP contribution in [0.4, 0.5) is 0 Å². The van der Waals surface area contributed by atoms with Gasteiger partial charge in [0.1, 0.15) is 4.83 Å². The minimum atomic E-state index is -0.0585. The molecule has 0 radical (unpaired) electrons. The van der Waals surface area contributed by atoms with E-state index >= 15 is 0 Å². The molecule has 3 aromatic rings. The predicted molar refractivity (Wildman–Crippen MR) is 91.5 cm³/mol. The zero-order chi connectivity index (χ0) is 15.0. The van der Waals surface area contributed by atoms with Gasteiger partial charge < -0.3 is 4.98 Å². The third-order valence-electron chi connectivity index (χ3n) is 3.23. The molecule has 0 aliphatic rings. The van der Waals surface area contributed by atoms with Gasteiger partial charge in [0.25, 0.3) is 5.56 Å². The second-order valence-electron chi connectivity index (χ2n) is 5.00. The smallest absolute Gasteiger partial charge is 0.263 e. The van der Waals surface area contributed by atoms with Crippen molar-refractivity contribution in [1.29, 1.82) is 0 Å². The Kier molecular flexibility index (Phi) is 3.61. The van der Waals surface area contributed by atoms with Gasteiger partial charge in [-0.2, -0.15) is 0 Å². The van der Waals surface area contributed by atoms with E-state index in [2.05, 4.69) is 11.6 Å². The molecule has 0 fully saturated rings. The number of nitrogens with zero attached hydrogens (tertiary/aromatic N) is 1. The summed E-state index contributed by atoms with van der Waals surface area (Å²) >= 11 is 6.79. The fourth-order valence-corrected chi connectivity index (χ4v) is 3.57. The summed E-state index contributed by atoms with van der Waals surface area (Å²) in [6, 6.07) is 9.91. The highest BCUT2D eigenvalue weighted by Gasteiger charge is 2.13. The lowest BCUT2D eigenvalue weighted by Gasteiger charge is -2.07. The van der Waals surface area contributed by atoms with Gasteiger partial charge in [0, 0.05) is 17.5 Å². The summed E-state index contributed by atoms with van der Waals surface area (Å²) in [5, 5.41) is 2.69. The van der Waals surface area contributed by atoms with Gasteiger partial charge in [-0.05, 0) is 24.7 Å². The number of thiophene rings is 1. The molecular weight excluding hydrogens is 300 g/mol. The van der Waals surface area contributed by atoms with E-state index in [1.54, 1.807) is 4.57 Å². The number of allylic oxidation sites excluding steroid dienone is 1. The Morgan fingerprint density at radius 1 is 1.38 bits per heavy atom. The highest BCUT2D eigenvalue weighted by Crippen LogP contribution is 2.30. The van der Waals surface area contributed by atoms with Gasteiger partial charge in [-0.15, -0.1) is 11.3 Å². The van der Waals surface area contributed by atoms with Crippen LogP contribution in [0.5, 0.6) is 0 Å².